The number of rotatable bonds is 4. The molecule has 2 aromatic carbocycles. The van der Waals surface area contributed by atoms with Crippen molar-refractivity contribution in [1.29, 1.82) is 0 Å². The van der Waals surface area contributed by atoms with E-state index in [9.17, 15) is 9.59 Å². The van der Waals surface area contributed by atoms with Gasteiger partial charge in [-0.15, -0.1) is 0 Å². The number of hydrogen-bond donors (Lipinski definition) is 2. The molecule has 0 heterocycles. The topological polar surface area (TPSA) is 58.2 Å². The number of aryl methyl sites for hydroxylation is 2. The van der Waals surface area contributed by atoms with E-state index in [4.69, 9.17) is 0 Å². The molecular formula is C26H30N2O2. The van der Waals surface area contributed by atoms with Crippen LogP contribution in [0.15, 0.2) is 48.5 Å². The van der Waals surface area contributed by atoms with Gasteiger partial charge >= 0.3 is 0 Å². The maximum atomic E-state index is 13.0. The Labute approximate surface area is 178 Å². The minimum Gasteiger partial charge on any atom is -0.346 e. The summed E-state index contributed by atoms with van der Waals surface area (Å²) in [5, 5.41) is 6.83. The molecule has 0 aromatic heterocycles. The molecule has 0 aliphatic heterocycles. The van der Waals surface area contributed by atoms with Crippen LogP contribution in [0.1, 0.15) is 70.4 Å². The molecule has 4 aliphatic rings. The molecule has 0 unspecified atom stereocenters. The summed E-state index contributed by atoms with van der Waals surface area (Å²) < 4.78 is 0. The Morgan fingerprint density at radius 1 is 0.700 bits per heavy atom. The number of carbonyl (C=O) groups excluding carboxylic acids is 2. The van der Waals surface area contributed by atoms with Crippen molar-refractivity contribution < 1.29 is 9.59 Å². The highest BCUT2D eigenvalue weighted by molar-refractivity contribution is 5.95. The summed E-state index contributed by atoms with van der Waals surface area (Å²) in [5.74, 6) is 1.17. The van der Waals surface area contributed by atoms with Gasteiger partial charge < -0.3 is 10.6 Å². The van der Waals surface area contributed by atoms with Crippen molar-refractivity contribution in [1.82, 2.24) is 10.6 Å². The fourth-order valence-corrected chi connectivity index (χ4v) is 6.59. The van der Waals surface area contributed by atoms with Crippen LogP contribution in [-0.4, -0.2) is 22.9 Å². The predicted octanol–water partition coefficient (Wildman–Crippen LogP) is 4.55. The zero-order valence-electron chi connectivity index (χ0n) is 17.8. The van der Waals surface area contributed by atoms with E-state index in [0.29, 0.717) is 23.0 Å². The molecule has 4 aliphatic carbocycles. The van der Waals surface area contributed by atoms with Crippen molar-refractivity contribution >= 4 is 11.8 Å². The lowest BCUT2D eigenvalue weighted by Gasteiger charge is -2.62. The van der Waals surface area contributed by atoms with E-state index in [1.54, 1.807) is 0 Å². The summed E-state index contributed by atoms with van der Waals surface area (Å²) in [4.78, 5) is 26.0. The molecule has 4 bridgehead atoms. The van der Waals surface area contributed by atoms with Crippen LogP contribution in [-0.2, 0) is 0 Å². The number of hydrogen-bond acceptors (Lipinski definition) is 2. The van der Waals surface area contributed by atoms with Crippen molar-refractivity contribution in [2.24, 2.45) is 11.8 Å². The number of benzene rings is 2. The Hall–Kier alpha value is -2.62. The highest BCUT2D eigenvalue weighted by Crippen LogP contribution is 2.57. The van der Waals surface area contributed by atoms with Crippen molar-refractivity contribution in [2.75, 3.05) is 0 Å². The van der Waals surface area contributed by atoms with Crippen LogP contribution in [0.2, 0.25) is 0 Å². The van der Waals surface area contributed by atoms with Crippen molar-refractivity contribution in [3.8, 4) is 0 Å². The first-order valence-electron chi connectivity index (χ1n) is 11.1. The molecule has 156 valence electrons. The Balaban J connectivity index is 1.36. The SMILES string of the molecule is Cc1ccc(C(=O)NC23CC4CC(C2)CC(NC(=O)c2ccc(C)cc2)(C4)C3)cc1. The molecule has 0 saturated heterocycles. The van der Waals surface area contributed by atoms with Gasteiger partial charge in [0.15, 0.2) is 0 Å². The van der Waals surface area contributed by atoms with E-state index in [-0.39, 0.29) is 22.9 Å². The third kappa shape index (κ3) is 3.53. The summed E-state index contributed by atoms with van der Waals surface area (Å²) in [5.41, 5.74) is 3.33. The highest BCUT2D eigenvalue weighted by Gasteiger charge is 2.58. The molecule has 6 rings (SSSR count). The summed E-state index contributed by atoms with van der Waals surface area (Å²) in [6.07, 6.45) is 6.19. The van der Waals surface area contributed by atoms with Crippen molar-refractivity contribution in [3.05, 3.63) is 70.8 Å². The quantitative estimate of drug-likeness (QED) is 0.788. The lowest BCUT2D eigenvalue weighted by atomic mass is 9.49. The minimum absolute atomic E-state index is 0.0111. The third-order valence-electron chi connectivity index (χ3n) is 7.45. The molecule has 30 heavy (non-hydrogen) atoms. The normalized spacial score (nSPS) is 31.4. The van der Waals surface area contributed by atoms with Crippen LogP contribution in [0, 0.1) is 25.7 Å². The van der Waals surface area contributed by atoms with Crippen LogP contribution in [0.5, 0.6) is 0 Å². The van der Waals surface area contributed by atoms with E-state index in [1.807, 2.05) is 62.4 Å². The maximum Gasteiger partial charge on any atom is 0.251 e. The fraction of sp³-hybridized carbons (Fsp3) is 0.462. The maximum absolute atomic E-state index is 13.0. The highest BCUT2D eigenvalue weighted by atomic mass is 16.2. The predicted molar refractivity (Wildman–Crippen MR) is 117 cm³/mol. The van der Waals surface area contributed by atoms with Gasteiger partial charge in [0.1, 0.15) is 0 Å². The van der Waals surface area contributed by atoms with Crippen LogP contribution in [0.4, 0.5) is 0 Å². The summed E-state index contributed by atoms with van der Waals surface area (Å²) >= 11 is 0. The zero-order chi connectivity index (χ0) is 20.9. The van der Waals surface area contributed by atoms with Crippen LogP contribution < -0.4 is 10.6 Å². The standard InChI is InChI=1S/C26H30N2O2/c1-17-3-7-21(8-4-17)23(29)27-25-12-19-11-20(13-25)15-26(14-19,16-25)28-24(30)22-9-5-18(2)6-10-22/h3-10,19-20H,11-16H2,1-2H3,(H,27,29)(H,28,30). The van der Waals surface area contributed by atoms with Gasteiger partial charge in [-0.3, -0.25) is 9.59 Å². The lowest BCUT2D eigenvalue weighted by molar-refractivity contribution is -0.0447. The fourth-order valence-electron chi connectivity index (χ4n) is 6.59. The molecular weight excluding hydrogens is 372 g/mol. The van der Waals surface area contributed by atoms with Crippen LogP contribution in [0.3, 0.4) is 0 Å². The molecule has 4 heteroatoms. The van der Waals surface area contributed by atoms with Gasteiger partial charge in [-0.05, 0) is 88.5 Å². The van der Waals surface area contributed by atoms with E-state index in [2.05, 4.69) is 10.6 Å². The smallest absolute Gasteiger partial charge is 0.251 e. The number of carbonyl (C=O) groups is 2. The lowest BCUT2D eigenvalue weighted by Crippen LogP contribution is -2.69. The second-order valence-electron chi connectivity index (χ2n) is 10.2. The number of nitrogens with one attached hydrogen (secondary N) is 2. The number of amides is 2. The zero-order valence-corrected chi connectivity index (χ0v) is 17.8. The van der Waals surface area contributed by atoms with Crippen LogP contribution in [0.25, 0.3) is 0 Å². The summed E-state index contributed by atoms with van der Waals surface area (Å²) in [7, 11) is 0. The van der Waals surface area contributed by atoms with Crippen molar-refractivity contribution in [3.63, 3.8) is 0 Å². The van der Waals surface area contributed by atoms with E-state index in [1.165, 1.54) is 6.42 Å². The van der Waals surface area contributed by atoms with Gasteiger partial charge in [0, 0.05) is 22.2 Å². The summed E-state index contributed by atoms with van der Waals surface area (Å²) in [6.45, 7) is 4.06. The molecule has 4 nitrogen and oxygen atoms in total. The van der Waals surface area contributed by atoms with Gasteiger partial charge in [-0.2, -0.15) is 0 Å². The average Bonchev–Trinajstić information content (AvgIpc) is 2.67. The molecule has 4 fully saturated rings. The first kappa shape index (κ1) is 19.3. The van der Waals surface area contributed by atoms with E-state index >= 15 is 0 Å². The average molecular weight is 403 g/mol. The Morgan fingerprint density at radius 2 is 1.07 bits per heavy atom. The first-order chi connectivity index (χ1) is 14.3. The van der Waals surface area contributed by atoms with E-state index < -0.39 is 0 Å². The molecule has 2 N–H and O–H groups in total. The van der Waals surface area contributed by atoms with Crippen molar-refractivity contribution in [2.45, 2.75) is 63.5 Å². The van der Waals surface area contributed by atoms with Crippen LogP contribution >= 0.6 is 0 Å². The minimum atomic E-state index is -0.202. The molecule has 2 aromatic rings. The second-order valence-corrected chi connectivity index (χ2v) is 10.2. The van der Waals surface area contributed by atoms with Gasteiger partial charge in [-0.1, -0.05) is 35.4 Å². The second kappa shape index (κ2) is 6.97. The van der Waals surface area contributed by atoms with Gasteiger partial charge in [0.05, 0.1) is 0 Å². The Kier molecular flexibility index (Phi) is 4.49. The Morgan fingerprint density at radius 3 is 1.43 bits per heavy atom. The molecule has 0 radical (unpaired) electrons. The molecule has 2 amide bonds. The molecule has 0 spiro atoms. The molecule has 4 saturated carbocycles. The third-order valence-corrected chi connectivity index (χ3v) is 7.45. The Bertz CT molecular complexity index is 886. The molecule has 0 atom stereocenters. The largest absolute Gasteiger partial charge is 0.346 e. The van der Waals surface area contributed by atoms with E-state index in [0.717, 1.165) is 43.2 Å². The van der Waals surface area contributed by atoms with Gasteiger partial charge in [-0.25, -0.2) is 0 Å². The van der Waals surface area contributed by atoms with Gasteiger partial charge in [0.2, 0.25) is 0 Å². The summed E-state index contributed by atoms with van der Waals surface area (Å²) in [6, 6.07) is 15.5. The first-order valence-corrected chi connectivity index (χ1v) is 11.1. The van der Waals surface area contributed by atoms with Gasteiger partial charge in [0.25, 0.3) is 11.8 Å². The monoisotopic (exact) mass is 402 g/mol.